The van der Waals surface area contributed by atoms with Gasteiger partial charge in [0.05, 0.1) is 5.69 Å². The molecule has 0 bridgehead atoms. The lowest BCUT2D eigenvalue weighted by atomic mass is 10.5. The molecule has 0 saturated carbocycles. The first-order chi connectivity index (χ1) is 7.36. The van der Waals surface area contributed by atoms with E-state index in [9.17, 15) is 13.2 Å². The van der Waals surface area contributed by atoms with Gasteiger partial charge in [0.1, 0.15) is 11.2 Å². The first-order valence-corrected chi connectivity index (χ1v) is 5.89. The smallest absolute Gasteiger partial charge is 0.285 e. The number of nitrogens with zero attached hydrogens (tertiary/aromatic N) is 3. The standard InChI is InChI=1S/C9H13N3O3S/c1-11(2)7-10-16(14,15)9-4-8(6-13)12(3)5-9/h4-7H,1-3H3/b10-7+. The van der Waals surface area contributed by atoms with Crippen molar-refractivity contribution in [3.05, 3.63) is 18.0 Å². The quantitative estimate of drug-likeness (QED) is 0.427. The average Bonchev–Trinajstić information content (AvgIpc) is 2.57. The second kappa shape index (κ2) is 4.48. The van der Waals surface area contributed by atoms with Crippen molar-refractivity contribution >= 4 is 22.6 Å². The average molecular weight is 243 g/mol. The Morgan fingerprint density at radius 1 is 1.44 bits per heavy atom. The molecule has 0 spiro atoms. The zero-order valence-electron chi connectivity index (χ0n) is 9.28. The summed E-state index contributed by atoms with van der Waals surface area (Å²) >= 11 is 0. The molecular weight excluding hydrogens is 230 g/mol. The van der Waals surface area contributed by atoms with E-state index < -0.39 is 10.0 Å². The van der Waals surface area contributed by atoms with Gasteiger partial charge in [0.15, 0.2) is 6.29 Å². The lowest BCUT2D eigenvalue weighted by Gasteiger charge is -2.01. The van der Waals surface area contributed by atoms with Crippen LogP contribution in [0.2, 0.25) is 0 Å². The third-order valence-electron chi connectivity index (χ3n) is 1.85. The van der Waals surface area contributed by atoms with Crippen LogP contribution in [0.5, 0.6) is 0 Å². The number of aromatic nitrogens is 1. The number of hydrogen-bond donors (Lipinski definition) is 0. The van der Waals surface area contributed by atoms with Crippen LogP contribution >= 0.6 is 0 Å². The number of sulfonamides is 1. The molecule has 0 fully saturated rings. The van der Waals surface area contributed by atoms with Gasteiger partial charge in [-0.2, -0.15) is 8.42 Å². The predicted octanol–water partition coefficient (Wildman–Crippen LogP) is 0.116. The molecule has 1 heterocycles. The van der Waals surface area contributed by atoms with E-state index in [0.29, 0.717) is 12.0 Å². The molecule has 0 aliphatic carbocycles. The maximum Gasteiger partial charge on any atom is 0.285 e. The van der Waals surface area contributed by atoms with Crippen LogP contribution in [0.4, 0.5) is 0 Å². The van der Waals surface area contributed by atoms with Crippen molar-refractivity contribution in [2.75, 3.05) is 14.1 Å². The van der Waals surface area contributed by atoms with Gasteiger partial charge in [0.25, 0.3) is 10.0 Å². The summed E-state index contributed by atoms with van der Waals surface area (Å²) in [7, 11) is 1.21. The Kier molecular flexibility index (Phi) is 3.48. The van der Waals surface area contributed by atoms with Gasteiger partial charge in [0, 0.05) is 27.3 Å². The highest BCUT2D eigenvalue weighted by atomic mass is 32.2. The van der Waals surface area contributed by atoms with Gasteiger partial charge in [-0.3, -0.25) is 4.79 Å². The molecule has 1 aromatic heterocycles. The first-order valence-electron chi connectivity index (χ1n) is 4.45. The van der Waals surface area contributed by atoms with E-state index in [0.717, 1.165) is 0 Å². The predicted molar refractivity (Wildman–Crippen MR) is 60.2 cm³/mol. The molecule has 0 saturated heterocycles. The minimum atomic E-state index is -3.72. The summed E-state index contributed by atoms with van der Waals surface area (Å²) in [4.78, 5) is 12.1. The third kappa shape index (κ3) is 2.69. The van der Waals surface area contributed by atoms with E-state index in [-0.39, 0.29) is 4.90 Å². The number of carbonyl (C=O) groups is 1. The second-order valence-corrected chi connectivity index (χ2v) is 5.12. The molecule has 1 rings (SSSR count). The number of aldehydes is 1. The Hall–Kier alpha value is -1.63. The van der Waals surface area contributed by atoms with Crippen LogP contribution < -0.4 is 0 Å². The van der Waals surface area contributed by atoms with Crippen molar-refractivity contribution in [3.8, 4) is 0 Å². The summed E-state index contributed by atoms with van der Waals surface area (Å²) in [6.45, 7) is 0. The van der Waals surface area contributed by atoms with E-state index in [4.69, 9.17) is 0 Å². The van der Waals surface area contributed by atoms with E-state index in [1.165, 1.54) is 28.1 Å². The van der Waals surface area contributed by atoms with Gasteiger partial charge >= 0.3 is 0 Å². The normalized spacial score (nSPS) is 11.9. The van der Waals surface area contributed by atoms with Crippen LogP contribution in [0.15, 0.2) is 21.6 Å². The largest absolute Gasteiger partial charge is 0.368 e. The molecule has 0 radical (unpaired) electrons. The SMILES string of the molecule is CN(C)/C=N/S(=O)(=O)c1cc(C=O)n(C)c1. The van der Waals surface area contributed by atoms with Gasteiger partial charge in [-0.15, -0.1) is 4.40 Å². The van der Waals surface area contributed by atoms with Crippen molar-refractivity contribution in [2.45, 2.75) is 4.90 Å². The van der Waals surface area contributed by atoms with E-state index in [1.807, 2.05) is 0 Å². The maximum absolute atomic E-state index is 11.7. The van der Waals surface area contributed by atoms with Crippen molar-refractivity contribution < 1.29 is 13.2 Å². The zero-order valence-corrected chi connectivity index (χ0v) is 10.1. The zero-order chi connectivity index (χ0) is 12.3. The van der Waals surface area contributed by atoms with E-state index >= 15 is 0 Å². The summed E-state index contributed by atoms with van der Waals surface area (Å²) in [6, 6.07) is 1.29. The molecular formula is C9H13N3O3S. The molecule has 0 N–H and O–H groups in total. The van der Waals surface area contributed by atoms with Crippen LogP contribution in [0.1, 0.15) is 10.5 Å². The Morgan fingerprint density at radius 2 is 2.06 bits per heavy atom. The molecule has 0 aliphatic heterocycles. The fraction of sp³-hybridized carbons (Fsp3) is 0.333. The summed E-state index contributed by atoms with van der Waals surface area (Å²) in [5, 5.41) is 0. The molecule has 0 aliphatic rings. The van der Waals surface area contributed by atoms with Gasteiger partial charge in [0.2, 0.25) is 0 Å². The Morgan fingerprint density at radius 3 is 2.50 bits per heavy atom. The summed E-state index contributed by atoms with van der Waals surface area (Å²) < 4.78 is 28.2. The van der Waals surface area contributed by atoms with Crippen LogP contribution in [0.25, 0.3) is 0 Å². The first kappa shape index (κ1) is 12.4. The second-order valence-electron chi connectivity index (χ2n) is 3.49. The third-order valence-corrected chi connectivity index (χ3v) is 3.04. The van der Waals surface area contributed by atoms with Crippen molar-refractivity contribution in [1.29, 1.82) is 0 Å². The molecule has 0 aromatic carbocycles. The molecule has 0 unspecified atom stereocenters. The monoisotopic (exact) mass is 243 g/mol. The van der Waals surface area contributed by atoms with Gasteiger partial charge in [-0.25, -0.2) is 0 Å². The Labute approximate surface area is 94.3 Å². The van der Waals surface area contributed by atoms with Gasteiger partial charge in [-0.1, -0.05) is 0 Å². The fourth-order valence-electron chi connectivity index (χ4n) is 1.03. The molecule has 1 aromatic rings. The highest BCUT2D eigenvalue weighted by Gasteiger charge is 2.15. The fourth-order valence-corrected chi connectivity index (χ4v) is 2.02. The van der Waals surface area contributed by atoms with Crippen molar-refractivity contribution in [3.63, 3.8) is 0 Å². The number of carbonyl (C=O) groups excluding carboxylic acids is 1. The summed E-state index contributed by atoms with van der Waals surface area (Å²) in [5.74, 6) is 0. The molecule has 6 nitrogen and oxygen atoms in total. The lowest BCUT2D eigenvalue weighted by molar-refractivity contribution is 0.111. The van der Waals surface area contributed by atoms with Crippen LogP contribution in [0.3, 0.4) is 0 Å². The van der Waals surface area contributed by atoms with E-state index in [2.05, 4.69) is 4.40 Å². The minimum absolute atomic E-state index is 0.00944. The van der Waals surface area contributed by atoms with Crippen LogP contribution in [-0.2, 0) is 17.1 Å². The summed E-state index contributed by atoms with van der Waals surface area (Å²) in [5.41, 5.74) is 0.290. The van der Waals surface area contributed by atoms with E-state index in [1.54, 1.807) is 21.1 Å². The number of rotatable bonds is 4. The van der Waals surface area contributed by atoms with Gasteiger partial charge < -0.3 is 9.47 Å². The van der Waals surface area contributed by atoms with Crippen LogP contribution in [-0.4, -0.2) is 44.6 Å². The van der Waals surface area contributed by atoms with Crippen molar-refractivity contribution in [1.82, 2.24) is 9.47 Å². The highest BCUT2D eigenvalue weighted by Crippen LogP contribution is 2.14. The molecule has 0 amide bonds. The molecule has 88 valence electrons. The number of hydrogen-bond acceptors (Lipinski definition) is 3. The summed E-state index contributed by atoms with van der Waals surface area (Å²) in [6.07, 6.45) is 3.14. The molecule has 0 atom stereocenters. The topological polar surface area (TPSA) is 71.7 Å². The maximum atomic E-state index is 11.7. The molecule has 7 heteroatoms. The Balaban J connectivity index is 3.13. The van der Waals surface area contributed by atoms with Crippen molar-refractivity contribution in [2.24, 2.45) is 11.4 Å². The van der Waals surface area contributed by atoms with Crippen LogP contribution in [0, 0.1) is 0 Å². The van der Waals surface area contributed by atoms with Gasteiger partial charge in [-0.05, 0) is 6.07 Å². The highest BCUT2D eigenvalue weighted by molar-refractivity contribution is 7.90. The molecule has 16 heavy (non-hydrogen) atoms. The lowest BCUT2D eigenvalue weighted by Crippen LogP contribution is -2.09. The Bertz CT molecular complexity index is 514. The minimum Gasteiger partial charge on any atom is -0.368 e. The number of aryl methyl sites for hydroxylation is 1.